The van der Waals surface area contributed by atoms with Gasteiger partial charge in [0, 0.05) is 25.0 Å². The SMILES string of the molecule is CCC(CC)NC(=O)N1CCCCC(c2ccc(F)cc2)C1. The van der Waals surface area contributed by atoms with Gasteiger partial charge in [0.15, 0.2) is 0 Å². The molecule has 0 saturated carbocycles. The van der Waals surface area contributed by atoms with Crippen LogP contribution in [0.3, 0.4) is 0 Å². The van der Waals surface area contributed by atoms with Crippen molar-refractivity contribution < 1.29 is 9.18 Å². The quantitative estimate of drug-likeness (QED) is 0.884. The molecule has 1 fully saturated rings. The molecule has 1 saturated heterocycles. The number of hydrogen-bond acceptors (Lipinski definition) is 1. The molecule has 1 atom stereocenters. The fourth-order valence-electron chi connectivity index (χ4n) is 3.09. The number of halogens is 1. The third-order valence-corrected chi connectivity index (χ3v) is 4.61. The van der Waals surface area contributed by atoms with Crippen LogP contribution in [0, 0.1) is 5.82 Å². The molecule has 3 nitrogen and oxygen atoms in total. The van der Waals surface area contributed by atoms with Crippen LogP contribution in [0.25, 0.3) is 0 Å². The normalized spacial score (nSPS) is 19.1. The number of benzene rings is 1. The number of urea groups is 1. The highest BCUT2D eigenvalue weighted by atomic mass is 19.1. The fourth-order valence-corrected chi connectivity index (χ4v) is 3.09. The fraction of sp³-hybridized carbons (Fsp3) is 0.611. The number of hydrogen-bond donors (Lipinski definition) is 1. The van der Waals surface area contributed by atoms with Crippen molar-refractivity contribution in [3.8, 4) is 0 Å². The monoisotopic (exact) mass is 306 g/mol. The van der Waals surface area contributed by atoms with Gasteiger partial charge in [-0.3, -0.25) is 0 Å². The van der Waals surface area contributed by atoms with Crippen LogP contribution in [-0.2, 0) is 0 Å². The highest BCUT2D eigenvalue weighted by Gasteiger charge is 2.24. The predicted octanol–water partition coefficient (Wildman–Crippen LogP) is 4.29. The maximum atomic E-state index is 13.1. The average molecular weight is 306 g/mol. The molecule has 4 heteroatoms. The van der Waals surface area contributed by atoms with Gasteiger partial charge in [0.05, 0.1) is 0 Å². The first-order chi connectivity index (χ1) is 10.6. The Labute approximate surface area is 132 Å². The lowest BCUT2D eigenvalue weighted by atomic mass is 9.94. The largest absolute Gasteiger partial charge is 0.335 e. The van der Waals surface area contributed by atoms with Gasteiger partial charge in [-0.25, -0.2) is 9.18 Å². The Balaban J connectivity index is 2.03. The summed E-state index contributed by atoms with van der Waals surface area (Å²) in [6.07, 6.45) is 5.11. The first kappa shape index (κ1) is 16.8. The van der Waals surface area contributed by atoms with Gasteiger partial charge < -0.3 is 10.2 Å². The van der Waals surface area contributed by atoms with Crippen LogP contribution in [0.1, 0.15) is 57.4 Å². The van der Waals surface area contributed by atoms with Gasteiger partial charge in [-0.2, -0.15) is 0 Å². The first-order valence-corrected chi connectivity index (χ1v) is 8.45. The third kappa shape index (κ3) is 4.46. The van der Waals surface area contributed by atoms with Crippen molar-refractivity contribution in [1.82, 2.24) is 10.2 Å². The van der Waals surface area contributed by atoms with Crippen LogP contribution >= 0.6 is 0 Å². The molecular formula is C18H27FN2O. The molecule has 1 aromatic rings. The van der Waals surface area contributed by atoms with Gasteiger partial charge >= 0.3 is 6.03 Å². The Morgan fingerprint density at radius 3 is 2.59 bits per heavy atom. The van der Waals surface area contributed by atoms with Crippen molar-refractivity contribution in [1.29, 1.82) is 0 Å². The molecular weight excluding hydrogens is 279 g/mol. The topological polar surface area (TPSA) is 32.3 Å². The lowest BCUT2D eigenvalue weighted by Gasteiger charge is -2.27. The lowest BCUT2D eigenvalue weighted by molar-refractivity contribution is 0.192. The van der Waals surface area contributed by atoms with Crippen molar-refractivity contribution in [2.75, 3.05) is 13.1 Å². The van der Waals surface area contributed by atoms with E-state index in [1.54, 1.807) is 0 Å². The number of nitrogens with zero attached hydrogens (tertiary/aromatic N) is 1. The van der Waals surface area contributed by atoms with Crippen molar-refractivity contribution in [3.63, 3.8) is 0 Å². The summed E-state index contributed by atoms with van der Waals surface area (Å²) in [6, 6.07) is 7.01. The molecule has 1 unspecified atom stereocenters. The average Bonchev–Trinajstić information content (AvgIpc) is 2.79. The minimum absolute atomic E-state index is 0.0442. The Bertz CT molecular complexity index is 470. The summed E-state index contributed by atoms with van der Waals surface area (Å²) in [6.45, 7) is 5.72. The second kappa shape index (κ2) is 8.16. The molecule has 0 bridgehead atoms. The lowest BCUT2D eigenvalue weighted by Crippen LogP contribution is -2.45. The Kier molecular flexibility index (Phi) is 6.22. The molecule has 1 aromatic carbocycles. The summed E-state index contributed by atoms with van der Waals surface area (Å²) in [5, 5.41) is 3.12. The third-order valence-electron chi connectivity index (χ3n) is 4.61. The summed E-state index contributed by atoms with van der Waals surface area (Å²) >= 11 is 0. The van der Waals surface area contributed by atoms with Crippen LogP contribution in [0.5, 0.6) is 0 Å². The molecule has 2 rings (SSSR count). The molecule has 22 heavy (non-hydrogen) atoms. The molecule has 122 valence electrons. The Morgan fingerprint density at radius 2 is 1.95 bits per heavy atom. The number of likely N-dealkylation sites (tertiary alicyclic amines) is 1. The second-order valence-electron chi connectivity index (χ2n) is 6.15. The zero-order valence-corrected chi connectivity index (χ0v) is 13.6. The van der Waals surface area contributed by atoms with Crippen LogP contribution in [-0.4, -0.2) is 30.1 Å². The number of carbonyl (C=O) groups excluding carboxylic acids is 1. The van der Waals surface area contributed by atoms with E-state index in [9.17, 15) is 9.18 Å². The number of rotatable bonds is 4. The van der Waals surface area contributed by atoms with E-state index in [-0.39, 0.29) is 17.9 Å². The Morgan fingerprint density at radius 1 is 1.27 bits per heavy atom. The van der Waals surface area contributed by atoms with Crippen molar-refractivity contribution in [2.45, 2.75) is 57.9 Å². The number of amides is 2. The molecule has 1 aliphatic rings. The Hall–Kier alpha value is -1.58. The molecule has 2 amide bonds. The van der Waals surface area contributed by atoms with Gasteiger partial charge in [0.2, 0.25) is 0 Å². The maximum Gasteiger partial charge on any atom is 0.317 e. The zero-order chi connectivity index (χ0) is 15.9. The predicted molar refractivity (Wildman–Crippen MR) is 87.5 cm³/mol. The summed E-state index contributed by atoms with van der Waals surface area (Å²) in [5.41, 5.74) is 1.13. The van der Waals surface area contributed by atoms with E-state index in [1.807, 2.05) is 17.0 Å². The van der Waals surface area contributed by atoms with Crippen molar-refractivity contribution >= 4 is 6.03 Å². The van der Waals surface area contributed by atoms with Crippen LogP contribution in [0.4, 0.5) is 9.18 Å². The molecule has 1 heterocycles. The van der Waals surface area contributed by atoms with E-state index in [4.69, 9.17) is 0 Å². The number of nitrogens with one attached hydrogen (secondary N) is 1. The van der Waals surface area contributed by atoms with Gasteiger partial charge in [-0.1, -0.05) is 32.4 Å². The van der Waals surface area contributed by atoms with E-state index in [0.717, 1.165) is 50.8 Å². The minimum Gasteiger partial charge on any atom is -0.335 e. The van der Waals surface area contributed by atoms with E-state index < -0.39 is 0 Å². The maximum absolute atomic E-state index is 13.1. The highest BCUT2D eigenvalue weighted by Crippen LogP contribution is 2.26. The van der Waals surface area contributed by atoms with Gasteiger partial charge in [0.1, 0.15) is 5.82 Å². The van der Waals surface area contributed by atoms with Crippen LogP contribution in [0.2, 0.25) is 0 Å². The van der Waals surface area contributed by atoms with Gasteiger partial charge in [-0.05, 0) is 43.4 Å². The number of carbonyl (C=O) groups is 1. The molecule has 0 aromatic heterocycles. The molecule has 1 aliphatic heterocycles. The van der Waals surface area contributed by atoms with Gasteiger partial charge in [-0.15, -0.1) is 0 Å². The van der Waals surface area contributed by atoms with E-state index in [1.165, 1.54) is 12.1 Å². The summed E-state index contributed by atoms with van der Waals surface area (Å²) in [7, 11) is 0. The first-order valence-electron chi connectivity index (χ1n) is 8.45. The second-order valence-corrected chi connectivity index (χ2v) is 6.15. The van der Waals surface area contributed by atoms with E-state index >= 15 is 0 Å². The minimum atomic E-state index is -0.208. The standard InChI is InChI=1S/C18H27FN2O/c1-3-17(4-2)20-18(22)21-12-6-5-7-15(13-21)14-8-10-16(19)11-9-14/h8-11,15,17H,3-7,12-13H2,1-2H3,(H,20,22). The summed E-state index contributed by atoms with van der Waals surface area (Å²) in [5.74, 6) is 0.0938. The van der Waals surface area contributed by atoms with Crippen LogP contribution < -0.4 is 5.32 Å². The summed E-state index contributed by atoms with van der Waals surface area (Å²) < 4.78 is 13.1. The molecule has 1 N–H and O–H groups in total. The molecule has 0 aliphatic carbocycles. The highest BCUT2D eigenvalue weighted by molar-refractivity contribution is 5.74. The van der Waals surface area contributed by atoms with Crippen molar-refractivity contribution in [2.24, 2.45) is 0 Å². The molecule has 0 radical (unpaired) electrons. The van der Waals surface area contributed by atoms with E-state index in [2.05, 4.69) is 19.2 Å². The zero-order valence-electron chi connectivity index (χ0n) is 13.6. The van der Waals surface area contributed by atoms with E-state index in [0.29, 0.717) is 5.92 Å². The van der Waals surface area contributed by atoms with Crippen molar-refractivity contribution in [3.05, 3.63) is 35.6 Å². The van der Waals surface area contributed by atoms with Gasteiger partial charge in [0.25, 0.3) is 0 Å². The smallest absolute Gasteiger partial charge is 0.317 e. The molecule has 0 spiro atoms. The summed E-state index contributed by atoms with van der Waals surface area (Å²) in [4.78, 5) is 14.4. The van der Waals surface area contributed by atoms with Crippen LogP contribution in [0.15, 0.2) is 24.3 Å².